The molecule has 6 heteroatoms. The fraction of sp³-hybridized carbons (Fsp3) is 0.538. The maximum Gasteiger partial charge on any atom is 0.0950 e. The first-order chi connectivity index (χ1) is 9.22. The van der Waals surface area contributed by atoms with Gasteiger partial charge in [-0.05, 0) is 13.0 Å². The molecule has 1 N–H and O–H groups in total. The monoisotopic (exact) mass is 278 g/mol. The quantitative estimate of drug-likeness (QED) is 0.920. The van der Waals surface area contributed by atoms with Crippen molar-refractivity contribution in [3.63, 3.8) is 0 Å². The predicted octanol–water partition coefficient (Wildman–Crippen LogP) is 1.45. The van der Waals surface area contributed by atoms with Gasteiger partial charge in [0.05, 0.1) is 35.2 Å². The van der Waals surface area contributed by atoms with E-state index in [0.29, 0.717) is 0 Å². The number of fused-ring (bicyclic) bond motifs is 1. The smallest absolute Gasteiger partial charge is 0.0950 e. The molecule has 0 bridgehead atoms. The lowest BCUT2D eigenvalue weighted by Crippen LogP contribution is -2.35. The van der Waals surface area contributed by atoms with E-state index in [1.165, 1.54) is 11.4 Å². The van der Waals surface area contributed by atoms with E-state index in [4.69, 9.17) is 0 Å². The van der Waals surface area contributed by atoms with Crippen molar-refractivity contribution in [2.24, 2.45) is 0 Å². The van der Waals surface area contributed by atoms with Gasteiger partial charge in [0.25, 0.3) is 0 Å². The van der Waals surface area contributed by atoms with Gasteiger partial charge in [0.2, 0.25) is 0 Å². The average molecular weight is 278 g/mol. The van der Waals surface area contributed by atoms with Gasteiger partial charge in [-0.25, -0.2) is 4.98 Å². The topological polar surface area (TPSA) is 54.2 Å². The molecule has 0 saturated carbocycles. The number of aliphatic hydroxyl groups is 1. The highest BCUT2D eigenvalue weighted by atomic mass is 32.1. The minimum Gasteiger partial charge on any atom is -0.387 e. The highest BCUT2D eigenvalue weighted by Gasteiger charge is 2.19. The van der Waals surface area contributed by atoms with Gasteiger partial charge in [-0.3, -0.25) is 9.58 Å². The fourth-order valence-corrected chi connectivity index (χ4v) is 2.96. The number of aromatic nitrogens is 3. The average Bonchev–Trinajstić information content (AvgIpc) is 3.04. The number of hydrogen-bond acceptors (Lipinski definition) is 5. The molecule has 102 valence electrons. The molecule has 3 heterocycles. The largest absolute Gasteiger partial charge is 0.387 e. The second-order valence-electron chi connectivity index (χ2n) is 4.97. The first kappa shape index (κ1) is 12.8. The Labute approximate surface area is 116 Å². The van der Waals surface area contributed by atoms with Crippen LogP contribution in [-0.2, 0) is 19.5 Å². The first-order valence-corrected chi connectivity index (χ1v) is 7.51. The van der Waals surface area contributed by atoms with Crippen LogP contribution in [-0.4, -0.2) is 37.9 Å². The van der Waals surface area contributed by atoms with E-state index in [1.54, 1.807) is 18.3 Å². The summed E-state index contributed by atoms with van der Waals surface area (Å²) in [4.78, 5) is 6.73. The third-order valence-corrected chi connectivity index (χ3v) is 4.13. The van der Waals surface area contributed by atoms with Crippen LogP contribution in [0.4, 0.5) is 0 Å². The zero-order valence-corrected chi connectivity index (χ0v) is 11.8. The summed E-state index contributed by atoms with van der Waals surface area (Å²) in [5.74, 6) is 0. The molecule has 0 aromatic carbocycles. The molecule has 3 rings (SSSR count). The number of aliphatic hydroxyl groups excluding tert-OH is 1. The lowest BCUT2D eigenvalue weighted by molar-refractivity contribution is 0.190. The van der Waals surface area contributed by atoms with E-state index >= 15 is 0 Å². The summed E-state index contributed by atoms with van der Waals surface area (Å²) < 4.78 is 2.02. The van der Waals surface area contributed by atoms with Crippen LogP contribution in [0.2, 0.25) is 0 Å². The van der Waals surface area contributed by atoms with Crippen molar-refractivity contribution in [3.05, 3.63) is 34.0 Å². The maximum absolute atomic E-state index is 9.57. The van der Waals surface area contributed by atoms with Gasteiger partial charge in [0.1, 0.15) is 0 Å². The molecular weight excluding hydrogens is 260 g/mol. The highest BCUT2D eigenvalue weighted by molar-refractivity contribution is 7.07. The van der Waals surface area contributed by atoms with Gasteiger partial charge in [-0.15, -0.1) is 11.3 Å². The molecule has 0 amide bonds. The maximum atomic E-state index is 9.57. The van der Waals surface area contributed by atoms with Crippen LogP contribution in [0.1, 0.15) is 30.1 Å². The molecular formula is C13H18N4OS. The van der Waals surface area contributed by atoms with Crippen LogP contribution in [0.5, 0.6) is 0 Å². The van der Waals surface area contributed by atoms with E-state index < -0.39 is 6.10 Å². The highest BCUT2D eigenvalue weighted by Crippen LogP contribution is 2.18. The Bertz CT molecular complexity index is 535. The van der Waals surface area contributed by atoms with Crippen LogP contribution in [0.3, 0.4) is 0 Å². The standard InChI is InChI=1S/C13H18N4OS/c1-10(18)13-6-12-7-16(4-5-17(12)15-13)3-2-11-8-19-9-14-11/h6,8-10,18H,2-5,7H2,1H3/t10-/m1/s1. The second kappa shape index (κ2) is 5.40. The Morgan fingerprint density at radius 3 is 3.11 bits per heavy atom. The Hall–Kier alpha value is -1.24. The number of nitrogens with zero attached hydrogens (tertiary/aromatic N) is 4. The summed E-state index contributed by atoms with van der Waals surface area (Å²) in [5, 5.41) is 16.1. The third kappa shape index (κ3) is 2.86. The summed E-state index contributed by atoms with van der Waals surface area (Å²) in [6, 6.07) is 2.01. The van der Waals surface area contributed by atoms with E-state index in [2.05, 4.69) is 20.4 Å². The van der Waals surface area contributed by atoms with E-state index in [-0.39, 0.29) is 0 Å². The number of rotatable bonds is 4. The predicted molar refractivity (Wildman–Crippen MR) is 74.0 cm³/mol. The minimum absolute atomic E-state index is 0.485. The van der Waals surface area contributed by atoms with Crippen molar-refractivity contribution in [1.29, 1.82) is 0 Å². The van der Waals surface area contributed by atoms with Crippen LogP contribution < -0.4 is 0 Å². The normalized spacial score (nSPS) is 17.4. The van der Waals surface area contributed by atoms with Gasteiger partial charge < -0.3 is 5.11 Å². The molecule has 19 heavy (non-hydrogen) atoms. The Morgan fingerprint density at radius 2 is 2.37 bits per heavy atom. The molecule has 1 aliphatic rings. The van der Waals surface area contributed by atoms with Crippen molar-refractivity contribution in [3.8, 4) is 0 Å². The van der Waals surface area contributed by atoms with Crippen molar-refractivity contribution >= 4 is 11.3 Å². The zero-order valence-electron chi connectivity index (χ0n) is 11.0. The van der Waals surface area contributed by atoms with Crippen molar-refractivity contribution in [1.82, 2.24) is 19.7 Å². The molecule has 0 fully saturated rings. The molecule has 1 aliphatic heterocycles. The van der Waals surface area contributed by atoms with Gasteiger partial charge in [0.15, 0.2) is 0 Å². The van der Waals surface area contributed by atoms with E-state index in [0.717, 1.165) is 38.3 Å². The fourth-order valence-electron chi connectivity index (χ4n) is 2.37. The van der Waals surface area contributed by atoms with Crippen LogP contribution >= 0.6 is 11.3 Å². The van der Waals surface area contributed by atoms with Crippen LogP contribution in [0.15, 0.2) is 17.0 Å². The number of thiazole rings is 1. The van der Waals surface area contributed by atoms with Gasteiger partial charge in [-0.2, -0.15) is 5.10 Å². The Morgan fingerprint density at radius 1 is 1.47 bits per heavy atom. The molecule has 0 radical (unpaired) electrons. The first-order valence-electron chi connectivity index (χ1n) is 6.56. The van der Waals surface area contributed by atoms with Gasteiger partial charge >= 0.3 is 0 Å². The lowest BCUT2D eigenvalue weighted by atomic mass is 10.2. The zero-order chi connectivity index (χ0) is 13.2. The van der Waals surface area contributed by atoms with Crippen LogP contribution in [0, 0.1) is 0 Å². The van der Waals surface area contributed by atoms with Crippen LogP contribution in [0.25, 0.3) is 0 Å². The third-order valence-electron chi connectivity index (χ3n) is 3.49. The molecule has 2 aromatic heterocycles. The molecule has 2 aromatic rings. The van der Waals surface area contributed by atoms with Crippen molar-refractivity contribution in [2.45, 2.75) is 32.5 Å². The van der Waals surface area contributed by atoms with Crippen molar-refractivity contribution in [2.75, 3.05) is 13.1 Å². The van der Waals surface area contributed by atoms with Gasteiger partial charge in [0, 0.05) is 31.4 Å². The lowest BCUT2D eigenvalue weighted by Gasteiger charge is -2.27. The molecule has 0 spiro atoms. The van der Waals surface area contributed by atoms with Crippen molar-refractivity contribution < 1.29 is 5.11 Å². The SMILES string of the molecule is C[C@@H](O)c1cc2n(n1)CCN(CCc1cscn1)C2. The Kier molecular flexibility index (Phi) is 3.63. The summed E-state index contributed by atoms with van der Waals surface area (Å²) in [6.45, 7) is 5.61. The summed E-state index contributed by atoms with van der Waals surface area (Å²) in [7, 11) is 0. The number of hydrogen-bond donors (Lipinski definition) is 1. The molecule has 1 atom stereocenters. The summed E-state index contributed by atoms with van der Waals surface area (Å²) in [5.41, 5.74) is 5.03. The molecule has 5 nitrogen and oxygen atoms in total. The second-order valence-corrected chi connectivity index (χ2v) is 5.68. The van der Waals surface area contributed by atoms with E-state index in [9.17, 15) is 5.11 Å². The molecule has 0 unspecified atom stereocenters. The Balaban J connectivity index is 1.62. The molecule has 0 aliphatic carbocycles. The van der Waals surface area contributed by atoms with E-state index in [1.807, 2.05) is 16.3 Å². The summed E-state index contributed by atoms with van der Waals surface area (Å²) in [6.07, 6.45) is 0.516. The summed E-state index contributed by atoms with van der Waals surface area (Å²) >= 11 is 1.65. The molecule has 0 saturated heterocycles. The minimum atomic E-state index is -0.485. The van der Waals surface area contributed by atoms with Gasteiger partial charge in [-0.1, -0.05) is 0 Å².